The Labute approximate surface area is 120 Å². The Morgan fingerprint density at radius 1 is 0.800 bits per heavy atom. The predicted octanol–water partition coefficient (Wildman–Crippen LogP) is 5.20. The molecule has 0 N–H and O–H groups in total. The number of benzene rings is 2. The van der Waals surface area contributed by atoms with Crippen molar-refractivity contribution in [1.29, 1.82) is 0 Å². The Balaban J connectivity index is 2.31. The van der Waals surface area contributed by atoms with Crippen LogP contribution in [0.5, 0.6) is 0 Å². The molecule has 0 amide bonds. The molecule has 0 radical (unpaired) electrons. The van der Waals surface area contributed by atoms with Gasteiger partial charge in [0, 0.05) is 10.9 Å². The van der Waals surface area contributed by atoms with Crippen LogP contribution in [0.25, 0.3) is 22.2 Å². The summed E-state index contributed by atoms with van der Waals surface area (Å²) in [7, 11) is 0. The smallest absolute Gasteiger partial charge is 0.0712 e. The molecule has 1 aromatic heterocycles. The average molecular weight is 261 g/mol. The van der Waals surface area contributed by atoms with E-state index in [4.69, 9.17) is 4.98 Å². The first-order chi connectivity index (χ1) is 9.55. The third-order valence-electron chi connectivity index (χ3n) is 3.59. The van der Waals surface area contributed by atoms with Crippen molar-refractivity contribution in [2.75, 3.05) is 0 Å². The molecule has 2 aromatic carbocycles. The third-order valence-corrected chi connectivity index (χ3v) is 3.59. The van der Waals surface area contributed by atoms with Crippen molar-refractivity contribution in [2.45, 2.75) is 26.2 Å². The van der Waals surface area contributed by atoms with E-state index in [9.17, 15) is 0 Å². The normalized spacial score (nSPS) is 11.8. The third kappa shape index (κ3) is 2.32. The van der Waals surface area contributed by atoms with Gasteiger partial charge in [0.25, 0.3) is 0 Å². The molecular formula is C19H19N. The van der Waals surface area contributed by atoms with Gasteiger partial charge >= 0.3 is 0 Å². The maximum absolute atomic E-state index is 4.82. The first kappa shape index (κ1) is 12.9. The van der Waals surface area contributed by atoms with Gasteiger partial charge in [0.2, 0.25) is 0 Å². The van der Waals surface area contributed by atoms with Gasteiger partial charge in [0.15, 0.2) is 0 Å². The van der Waals surface area contributed by atoms with E-state index in [2.05, 4.69) is 75.4 Å². The van der Waals surface area contributed by atoms with Crippen molar-refractivity contribution in [3.05, 3.63) is 66.2 Å². The monoisotopic (exact) mass is 261 g/mol. The SMILES string of the molecule is CC(C)(C)c1cc(-c2ccccc2)nc2ccccc12. The summed E-state index contributed by atoms with van der Waals surface area (Å²) in [5.74, 6) is 0. The van der Waals surface area contributed by atoms with Gasteiger partial charge in [-0.25, -0.2) is 4.98 Å². The Morgan fingerprint density at radius 3 is 2.15 bits per heavy atom. The molecule has 1 heteroatoms. The minimum absolute atomic E-state index is 0.103. The van der Waals surface area contributed by atoms with Gasteiger partial charge in [-0.15, -0.1) is 0 Å². The zero-order valence-corrected chi connectivity index (χ0v) is 12.2. The van der Waals surface area contributed by atoms with Crippen molar-refractivity contribution < 1.29 is 0 Å². The van der Waals surface area contributed by atoms with E-state index < -0.39 is 0 Å². The van der Waals surface area contributed by atoms with Gasteiger partial charge in [0.1, 0.15) is 0 Å². The molecule has 0 unspecified atom stereocenters. The quantitative estimate of drug-likeness (QED) is 0.586. The lowest BCUT2D eigenvalue weighted by molar-refractivity contribution is 0.595. The fourth-order valence-electron chi connectivity index (χ4n) is 2.55. The highest BCUT2D eigenvalue weighted by molar-refractivity contribution is 5.86. The number of pyridine rings is 1. The number of nitrogens with zero attached hydrogens (tertiary/aromatic N) is 1. The van der Waals surface area contributed by atoms with Gasteiger partial charge in [-0.3, -0.25) is 0 Å². The average Bonchev–Trinajstić information content (AvgIpc) is 2.46. The number of hydrogen-bond acceptors (Lipinski definition) is 1. The van der Waals surface area contributed by atoms with Gasteiger partial charge in [-0.1, -0.05) is 69.3 Å². The number of aromatic nitrogens is 1. The molecular weight excluding hydrogens is 242 g/mol. The molecule has 0 saturated carbocycles. The van der Waals surface area contributed by atoms with Crippen molar-refractivity contribution >= 4 is 10.9 Å². The summed E-state index contributed by atoms with van der Waals surface area (Å²) in [5.41, 5.74) is 4.74. The highest BCUT2D eigenvalue weighted by atomic mass is 14.7. The lowest BCUT2D eigenvalue weighted by atomic mass is 9.84. The summed E-state index contributed by atoms with van der Waals surface area (Å²) < 4.78 is 0. The summed E-state index contributed by atoms with van der Waals surface area (Å²) in [6, 6.07) is 21.0. The van der Waals surface area contributed by atoms with E-state index >= 15 is 0 Å². The van der Waals surface area contributed by atoms with Crippen LogP contribution >= 0.6 is 0 Å². The highest BCUT2D eigenvalue weighted by Crippen LogP contribution is 2.32. The Hall–Kier alpha value is -2.15. The number of hydrogen-bond donors (Lipinski definition) is 0. The van der Waals surface area contributed by atoms with E-state index in [1.165, 1.54) is 16.5 Å². The van der Waals surface area contributed by atoms with Crippen LogP contribution < -0.4 is 0 Å². The molecule has 0 aliphatic heterocycles. The zero-order valence-electron chi connectivity index (χ0n) is 12.2. The van der Waals surface area contributed by atoms with Crippen LogP contribution in [-0.4, -0.2) is 4.98 Å². The molecule has 3 aromatic rings. The van der Waals surface area contributed by atoms with E-state index in [1.807, 2.05) is 6.07 Å². The van der Waals surface area contributed by atoms with E-state index in [0.29, 0.717) is 0 Å². The molecule has 3 rings (SSSR count). The number of rotatable bonds is 1. The van der Waals surface area contributed by atoms with Crippen molar-refractivity contribution in [3.8, 4) is 11.3 Å². The first-order valence-electron chi connectivity index (χ1n) is 7.01. The van der Waals surface area contributed by atoms with Crippen molar-refractivity contribution in [1.82, 2.24) is 4.98 Å². The van der Waals surface area contributed by atoms with Crippen LogP contribution in [0.1, 0.15) is 26.3 Å². The standard InChI is InChI=1S/C19H19N/c1-19(2,3)16-13-18(14-9-5-4-6-10-14)20-17-12-8-7-11-15(16)17/h4-13H,1-3H3. The van der Waals surface area contributed by atoms with Crippen LogP contribution in [0.4, 0.5) is 0 Å². The van der Waals surface area contributed by atoms with Crippen molar-refractivity contribution in [3.63, 3.8) is 0 Å². The fourth-order valence-corrected chi connectivity index (χ4v) is 2.55. The first-order valence-corrected chi connectivity index (χ1v) is 7.01. The second-order valence-corrected chi connectivity index (χ2v) is 6.19. The molecule has 0 spiro atoms. The molecule has 0 aliphatic rings. The largest absolute Gasteiger partial charge is 0.248 e. The minimum Gasteiger partial charge on any atom is -0.248 e. The summed E-state index contributed by atoms with van der Waals surface area (Å²) in [6.07, 6.45) is 0. The zero-order chi connectivity index (χ0) is 14.2. The summed E-state index contributed by atoms with van der Waals surface area (Å²) in [4.78, 5) is 4.82. The maximum Gasteiger partial charge on any atom is 0.0712 e. The Kier molecular flexibility index (Phi) is 3.06. The highest BCUT2D eigenvalue weighted by Gasteiger charge is 2.18. The van der Waals surface area contributed by atoms with Crippen LogP contribution in [0, 0.1) is 0 Å². The van der Waals surface area contributed by atoms with E-state index in [-0.39, 0.29) is 5.41 Å². The number of fused-ring (bicyclic) bond motifs is 1. The van der Waals surface area contributed by atoms with Gasteiger partial charge in [0.05, 0.1) is 11.2 Å². The second-order valence-electron chi connectivity index (χ2n) is 6.19. The molecule has 100 valence electrons. The molecule has 0 bridgehead atoms. The summed E-state index contributed by atoms with van der Waals surface area (Å²) in [6.45, 7) is 6.76. The van der Waals surface area contributed by atoms with Gasteiger partial charge in [-0.2, -0.15) is 0 Å². The fraction of sp³-hybridized carbons (Fsp3) is 0.211. The van der Waals surface area contributed by atoms with Crippen LogP contribution in [0.15, 0.2) is 60.7 Å². The lowest BCUT2D eigenvalue weighted by Gasteiger charge is -2.22. The summed E-state index contributed by atoms with van der Waals surface area (Å²) in [5, 5.41) is 1.25. The van der Waals surface area contributed by atoms with Gasteiger partial charge < -0.3 is 0 Å². The van der Waals surface area contributed by atoms with E-state index in [0.717, 1.165) is 11.2 Å². The molecule has 0 atom stereocenters. The van der Waals surface area contributed by atoms with Gasteiger partial charge in [-0.05, 0) is 23.1 Å². The minimum atomic E-state index is 0.103. The lowest BCUT2D eigenvalue weighted by Crippen LogP contribution is -2.12. The maximum atomic E-state index is 4.82. The summed E-state index contributed by atoms with van der Waals surface area (Å²) >= 11 is 0. The van der Waals surface area contributed by atoms with E-state index in [1.54, 1.807) is 0 Å². The predicted molar refractivity (Wildman–Crippen MR) is 85.9 cm³/mol. The topological polar surface area (TPSA) is 12.9 Å². The molecule has 1 heterocycles. The second kappa shape index (κ2) is 4.75. The molecule has 20 heavy (non-hydrogen) atoms. The van der Waals surface area contributed by atoms with Crippen molar-refractivity contribution in [2.24, 2.45) is 0 Å². The Bertz CT molecular complexity index is 737. The number of para-hydroxylation sites is 1. The van der Waals surface area contributed by atoms with Crippen LogP contribution in [0.2, 0.25) is 0 Å². The molecule has 0 fully saturated rings. The molecule has 0 aliphatic carbocycles. The Morgan fingerprint density at radius 2 is 1.45 bits per heavy atom. The molecule has 1 nitrogen and oxygen atoms in total. The molecule has 0 saturated heterocycles. The van der Waals surface area contributed by atoms with Crippen LogP contribution in [0.3, 0.4) is 0 Å². The van der Waals surface area contributed by atoms with Crippen LogP contribution in [-0.2, 0) is 5.41 Å².